The van der Waals surface area contributed by atoms with E-state index in [4.69, 9.17) is 9.84 Å². The van der Waals surface area contributed by atoms with Crippen molar-refractivity contribution in [1.82, 2.24) is 9.88 Å². The fourth-order valence-electron chi connectivity index (χ4n) is 2.74. The molecule has 0 spiro atoms. The number of hydrogen-bond acceptors (Lipinski definition) is 6. The highest BCUT2D eigenvalue weighted by Crippen LogP contribution is 2.32. The number of thiazole rings is 1. The van der Waals surface area contributed by atoms with E-state index in [1.165, 1.54) is 11.3 Å². The molecule has 1 aromatic rings. The molecule has 1 amide bonds. The molecule has 3 rings (SSSR count). The highest BCUT2D eigenvalue weighted by molar-refractivity contribution is 7.99. The lowest BCUT2D eigenvalue weighted by molar-refractivity contribution is -0.138. The molecule has 3 heterocycles. The second-order valence-electron chi connectivity index (χ2n) is 5.39. The first-order valence-corrected chi connectivity index (χ1v) is 9.30. The minimum absolute atomic E-state index is 0.00383. The van der Waals surface area contributed by atoms with Crippen LogP contribution < -0.4 is 0 Å². The molecule has 0 aromatic carbocycles. The third-order valence-corrected chi connectivity index (χ3v) is 6.01. The highest BCUT2D eigenvalue weighted by atomic mass is 32.2. The number of carbonyl (C=O) groups is 2. The summed E-state index contributed by atoms with van der Waals surface area (Å²) in [4.78, 5) is 30.2. The third-order valence-electron chi connectivity index (χ3n) is 3.84. The van der Waals surface area contributed by atoms with E-state index >= 15 is 0 Å². The summed E-state index contributed by atoms with van der Waals surface area (Å²) in [5.41, 5.74) is 0. The topological polar surface area (TPSA) is 79.7 Å². The van der Waals surface area contributed by atoms with Gasteiger partial charge >= 0.3 is 5.97 Å². The van der Waals surface area contributed by atoms with Crippen LogP contribution in [0.3, 0.4) is 0 Å². The number of ether oxygens (including phenoxy) is 1. The average Bonchev–Trinajstić information content (AvgIpc) is 3.17. The highest BCUT2D eigenvalue weighted by Gasteiger charge is 2.31. The summed E-state index contributed by atoms with van der Waals surface area (Å²) in [5.74, 6) is 0.553. The second kappa shape index (κ2) is 6.97. The standard InChI is InChI=1S/C14H18N2O4S2/c17-12(18)6-9-8-21-5-3-16(9)14(19)11-7-15-13(22-11)10-2-1-4-20-10/h7,9-10H,1-6,8H2,(H,17,18). The molecule has 1 aromatic heterocycles. The summed E-state index contributed by atoms with van der Waals surface area (Å²) in [6.07, 6.45) is 3.58. The van der Waals surface area contributed by atoms with E-state index in [0.717, 1.165) is 30.2 Å². The van der Waals surface area contributed by atoms with Crippen molar-refractivity contribution >= 4 is 35.0 Å². The Kier molecular flexibility index (Phi) is 5.00. The fourth-order valence-corrected chi connectivity index (χ4v) is 4.76. The normalized spacial score (nSPS) is 25.4. The monoisotopic (exact) mass is 342 g/mol. The summed E-state index contributed by atoms with van der Waals surface area (Å²) < 4.78 is 5.59. The Balaban J connectivity index is 1.72. The summed E-state index contributed by atoms with van der Waals surface area (Å²) >= 11 is 3.07. The number of hydrogen-bond donors (Lipinski definition) is 1. The summed E-state index contributed by atoms with van der Waals surface area (Å²) in [7, 11) is 0. The molecule has 0 aliphatic carbocycles. The molecule has 6 nitrogen and oxygen atoms in total. The molecule has 0 bridgehead atoms. The van der Waals surface area contributed by atoms with Gasteiger partial charge in [-0.15, -0.1) is 11.3 Å². The van der Waals surface area contributed by atoms with Gasteiger partial charge in [-0.1, -0.05) is 0 Å². The van der Waals surface area contributed by atoms with Crippen LogP contribution in [0.2, 0.25) is 0 Å². The SMILES string of the molecule is O=C(O)CC1CSCCN1C(=O)c1cnc(C2CCCO2)s1. The molecule has 0 radical (unpaired) electrons. The van der Waals surface area contributed by atoms with E-state index < -0.39 is 5.97 Å². The van der Waals surface area contributed by atoms with Crippen LogP contribution in [0.15, 0.2) is 6.20 Å². The molecular formula is C14H18N2O4S2. The van der Waals surface area contributed by atoms with Crippen molar-refractivity contribution in [3.8, 4) is 0 Å². The first-order valence-electron chi connectivity index (χ1n) is 7.33. The van der Waals surface area contributed by atoms with Crippen molar-refractivity contribution in [2.45, 2.75) is 31.4 Å². The number of rotatable bonds is 4. The molecule has 0 saturated carbocycles. The van der Waals surface area contributed by atoms with Crippen molar-refractivity contribution in [2.75, 3.05) is 24.7 Å². The molecule has 2 aliphatic heterocycles. The zero-order valence-corrected chi connectivity index (χ0v) is 13.7. The Morgan fingerprint density at radius 2 is 2.36 bits per heavy atom. The first kappa shape index (κ1) is 15.8. The van der Waals surface area contributed by atoms with Crippen LogP contribution in [-0.4, -0.2) is 57.6 Å². The largest absolute Gasteiger partial charge is 0.481 e. The van der Waals surface area contributed by atoms with Crippen molar-refractivity contribution < 1.29 is 19.4 Å². The molecule has 2 aliphatic rings. The molecule has 2 atom stereocenters. The van der Waals surface area contributed by atoms with Crippen LogP contribution in [0.1, 0.15) is 40.0 Å². The minimum Gasteiger partial charge on any atom is -0.481 e. The Morgan fingerprint density at radius 1 is 1.50 bits per heavy atom. The van der Waals surface area contributed by atoms with Crippen LogP contribution >= 0.6 is 23.1 Å². The van der Waals surface area contributed by atoms with Gasteiger partial charge in [-0.2, -0.15) is 11.8 Å². The zero-order chi connectivity index (χ0) is 15.5. The van der Waals surface area contributed by atoms with Gasteiger partial charge in [0.1, 0.15) is 16.0 Å². The number of nitrogens with zero attached hydrogens (tertiary/aromatic N) is 2. The Hall–Kier alpha value is -1.12. The van der Waals surface area contributed by atoms with E-state index in [1.54, 1.807) is 22.9 Å². The number of carboxylic acids is 1. The Morgan fingerprint density at radius 3 is 3.09 bits per heavy atom. The molecule has 8 heteroatoms. The molecule has 1 N–H and O–H groups in total. The van der Waals surface area contributed by atoms with E-state index in [0.29, 0.717) is 17.2 Å². The van der Waals surface area contributed by atoms with Gasteiger partial charge in [0.15, 0.2) is 0 Å². The average molecular weight is 342 g/mol. The quantitative estimate of drug-likeness (QED) is 0.902. The van der Waals surface area contributed by atoms with Crippen molar-refractivity contribution in [3.63, 3.8) is 0 Å². The van der Waals surface area contributed by atoms with E-state index in [-0.39, 0.29) is 24.5 Å². The molecule has 2 unspecified atom stereocenters. The van der Waals surface area contributed by atoms with Crippen molar-refractivity contribution in [3.05, 3.63) is 16.1 Å². The minimum atomic E-state index is -0.866. The van der Waals surface area contributed by atoms with Gasteiger partial charge in [-0.25, -0.2) is 4.98 Å². The number of aliphatic carboxylic acids is 1. The smallest absolute Gasteiger partial charge is 0.305 e. The number of thioether (sulfide) groups is 1. The summed E-state index contributed by atoms with van der Waals surface area (Å²) in [6, 6.07) is -0.239. The van der Waals surface area contributed by atoms with E-state index in [1.807, 2.05) is 0 Å². The summed E-state index contributed by atoms with van der Waals surface area (Å²) in [6.45, 7) is 1.34. The molecular weight excluding hydrogens is 324 g/mol. The zero-order valence-electron chi connectivity index (χ0n) is 12.1. The first-order chi connectivity index (χ1) is 10.6. The maximum Gasteiger partial charge on any atom is 0.305 e. The fraction of sp³-hybridized carbons (Fsp3) is 0.643. The number of carboxylic acid groups (broad SMARTS) is 1. The molecule has 2 saturated heterocycles. The Labute approximate surface area is 136 Å². The van der Waals surface area contributed by atoms with Gasteiger partial charge in [0.05, 0.1) is 18.7 Å². The maximum absolute atomic E-state index is 12.7. The van der Waals surface area contributed by atoms with Gasteiger partial charge in [0.2, 0.25) is 0 Å². The lowest BCUT2D eigenvalue weighted by Gasteiger charge is -2.34. The van der Waals surface area contributed by atoms with Crippen LogP contribution in [0.5, 0.6) is 0 Å². The van der Waals surface area contributed by atoms with Crippen molar-refractivity contribution in [2.24, 2.45) is 0 Å². The van der Waals surface area contributed by atoms with E-state index in [9.17, 15) is 9.59 Å². The lowest BCUT2D eigenvalue weighted by atomic mass is 10.2. The molecule has 120 valence electrons. The lowest BCUT2D eigenvalue weighted by Crippen LogP contribution is -2.46. The van der Waals surface area contributed by atoms with Gasteiger partial charge in [-0.05, 0) is 12.8 Å². The second-order valence-corrected chi connectivity index (χ2v) is 7.60. The van der Waals surface area contributed by atoms with Gasteiger partial charge < -0.3 is 14.7 Å². The van der Waals surface area contributed by atoms with Gasteiger partial charge in [0.25, 0.3) is 5.91 Å². The predicted molar refractivity (Wildman–Crippen MR) is 84.4 cm³/mol. The summed E-state index contributed by atoms with van der Waals surface area (Å²) in [5, 5.41) is 9.86. The molecule has 22 heavy (non-hydrogen) atoms. The number of aromatic nitrogens is 1. The van der Waals surface area contributed by atoms with Gasteiger partial charge in [0, 0.05) is 24.7 Å². The van der Waals surface area contributed by atoms with Crippen LogP contribution in [0, 0.1) is 0 Å². The third kappa shape index (κ3) is 3.44. The number of amides is 1. The Bertz CT molecular complexity index is 557. The van der Waals surface area contributed by atoms with Crippen LogP contribution in [-0.2, 0) is 9.53 Å². The maximum atomic E-state index is 12.7. The number of carbonyl (C=O) groups excluding carboxylic acids is 1. The van der Waals surface area contributed by atoms with Gasteiger partial charge in [-0.3, -0.25) is 9.59 Å². The molecule has 2 fully saturated rings. The van der Waals surface area contributed by atoms with Crippen molar-refractivity contribution in [1.29, 1.82) is 0 Å². The van der Waals surface area contributed by atoms with E-state index in [2.05, 4.69) is 4.98 Å². The van der Waals surface area contributed by atoms with Crippen LogP contribution in [0.4, 0.5) is 0 Å². The van der Waals surface area contributed by atoms with Crippen LogP contribution in [0.25, 0.3) is 0 Å². The predicted octanol–water partition coefficient (Wildman–Crippen LogP) is 2.03.